The van der Waals surface area contributed by atoms with Crippen molar-refractivity contribution in [2.24, 2.45) is 0 Å². The Balaban J connectivity index is 1.20. The van der Waals surface area contributed by atoms with Gasteiger partial charge in [-0.25, -0.2) is 22.8 Å². The Hall–Kier alpha value is -4.47. The van der Waals surface area contributed by atoms with Gasteiger partial charge in [0.05, 0.1) is 28.4 Å². The minimum Gasteiger partial charge on any atom is -0.349 e. The van der Waals surface area contributed by atoms with E-state index >= 15 is 0 Å². The van der Waals surface area contributed by atoms with Crippen molar-refractivity contribution in [1.29, 1.82) is 0 Å². The lowest BCUT2D eigenvalue weighted by molar-refractivity contribution is -0.137. The Morgan fingerprint density at radius 3 is 2.33 bits per heavy atom. The summed E-state index contributed by atoms with van der Waals surface area (Å²) in [5.74, 6) is -0.714. The fourth-order valence-electron chi connectivity index (χ4n) is 5.88. The Bertz CT molecular complexity index is 1840. The van der Waals surface area contributed by atoms with Crippen molar-refractivity contribution >= 4 is 21.9 Å². The summed E-state index contributed by atoms with van der Waals surface area (Å²) in [4.78, 5) is 31.1. The minimum atomic E-state index is -4.49. The molecule has 2 aliphatic rings. The lowest BCUT2D eigenvalue weighted by atomic mass is 10.1. The van der Waals surface area contributed by atoms with Crippen molar-refractivity contribution in [3.05, 3.63) is 102 Å². The molecule has 252 valence electrons. The zero-order valence-corrected chi connectivity index (χ0v) is 26.6. The van der Waals surface area contributed by atoms with Gasteiger partial charge in [0.1, 0.15) is 11.9 Å². The molecule has 48 heavy (non-hydrogen) atoms. The molecule has 0 aliphatic carbocycles. The average Bonchev–Trinajstić information content (AvgIpc) is 3.59. The molecule has 0 saturated carbocycles. The number of hydrogen-bond donors (Lipinski definition) is 1. The van der Waals surface area contributed by atoms with E-state index in [9.17, 15) is 30.8 Å². The number of carbonyl (C=O) groups is 1. The number of aromatic nitrogens is 3. The molecule has 2 saturated heterocycles. The van der Waals surface area contributed by atoms with Crippen molar-refractivity contribution < 1.29 is 30.8 Å². The first kappa shape index (κ1) is 33.4. The van der Waals surface area contributed by atoms with E-state index in [0.717, 1.165) is 53.8 Å². The summed E-state index contributed by atoms with van der Waals surface area (Å²) in [6, 6.07) is 13.7. The highest BCUT2D eigenvalue weighted by Crippen LogP contribution is 2.31. The summed E-state index contributed by atoms with van der Waals surface area (Å²) >= 11 is 0. The van der Waals surface area contributed by atoms with Crippen molar-refractivity contribution in [2.75, 3.05) is 37.6 Å². The summed E-state index contributed by atoms with van der Waals surface area (Å²) in [5, 5.41) is 2.80. The molecule has 6 rings (SSSR count). The maximum absolute atomic E-state index is 13.4. The SMILES string of the molecule is O=C(NCc1cc(-c2ccc(C(F)(F)F)cc2)nc(N2CCN(Cc3cccnc3)CC2)n1)[C@@H]1CCCN1S(=O)(=O)c1ccc(F)cc1. The molecule has 10 nitrogen and oxygen atoms in total. The smallest absolute Gasteiger partial charge is 0.349 e. The summed E-state index contributed by atoms with van der Waals surface area (Å²) in [7, 11) is -4.05. The van der Waals surface area contributed by atoms with Gasteiger partial charge in [-0.05, 0) is 66.9 Å². The van der Waals surface area contributed by atoms with Gasteiger partial charge >= 0.3 is 6.18 Å². The molecule has 0 radical (unpaired) electrons. The molecule has 1 amide bonds. The van der Waals surface area contributed by atoms with Crippen LogP contribution >= 0.6 is 0 Å². The van der Waals surface area contributed by atoms with Crippen LogP contribution in [0, 0.1) is 5.82 Å². The molecular formula is C33H33F4N7O3S. The number of anilines is 1. The van der Waals surface area contributed by atoms with Crippen molar-refractivity contribution in [3.63, 3.8) is 0 Å². The minimum absolute atomic E-state index is 0.0656. The van der Waals surface area contributed by atoms with E-state index < -0.39 is 39.5 Å². The molecule has 4 aromatic rings. The highest BCUT2D eigenvalue weighted by atomic mass is 32.2. The largest absolute Gasteiger partial charge is 0.416 e. The van der Waals surface area contributed by atoms with E-state index in [1.54, 1.807) is 12.3 Å². The van der Waals surface area contributed by atoms with Crippen molar-refractivity contribution in [1.82, 2.24) is 29.5 Å². The third-order valence-corrected chi connectivity index (χ3v) is 10.4. The van der Waals surface area contributed by atoms with E-state index in [1.807, 2.05) is 23.2 Å². The highest BCUT2D eigenvalue weighted by Gasteiger charge is 2.39. The van der Waals surface area contributed by atoms with Crippen LogP contribution < -0.4 is 10.2 Å². The number of halogens is 4. The van der Waals surface area contributed by atoms with E-state index in [1.165, 1.54) is 24.3 Å². The second-order valence-corrected chi connectivity index (χ2v) is 13.6. The number of alkyl halides is 3. The van der Waals surface area contributed by atoms with Gasteiger partial charge in [-0.1, -0.05) is 18.2 Å². The molecule has 0 unspecified atom stereocenters. The number of amides is 1. The van der Waals surface area contributed by atoms with E-state index in [0.29, 0.717) is 48.8 Å². The fourth-order valence-corrected chi connectivity index (χ4v) is 7.53. The van der Waals surface area contributed by atoms with Crippen LogP contribution in [0.1, 0.15) is 29.7 Å². The maximum Gasteiger partial charge on any atom is 0.416 e. The van der Waals surface area contributed by atoms with Gasteiger partial charge in [0.15, 0.2) is 0 Å². The first-order chi connectivity index (χ1) is 23.0. The van der Waals surface area contributed by atoms with Crippen LogP contribution in [0.15, 0.2) is 84.0 Å². The standard InChI is InChI=1S/C33H33F4N7O3S/c34-26-9-11-28(12-10-26)48(46,47)44-14-2-4-30(44)31(45)39-21-27-19-29(24-5-7-25(8-6-24)33(35,36)37)41-32(40-27)43-17-15-42(16-18-43)22-23-3-1-13-38-20-23/h1,3,5-13,19-20,30H,2,4,14-18,21-22H2,(H,39,45)/t30-/m0/s1. The average molecular weight is 684 g/mol. The Morgan fingerprint density at radius 1 is 0.938 bits per heavy atom. The second-order valence-electron chi connectivity index (χ2n) is 11.7. The monoisotopic (exact) mass is 683 g/mol. The number of hydrogen-bond acceptors (Lipinski definition) is 8. The zero-order valence-electron chi connectivity index (χ0n) is 25.8. The van der Waals surface area contributed by atoms with Gasteiger partial charge in [0.25, 0.3) is 0 Å². The Morgan fingerprint density at radius 2 is 1.67 bits per heavy atom. The van der Waals surface area contributed by atoms with Gasteiger partial charge in [-0.3, -0.25) is 14.7 Å². The molecule has 2 fully saturated rings. The first-order valence-electron chi connectivity index (χ1n) is 15.4. The molecule has 0 bridgehead atoms. The van der Waals surface area contributed by atoms with Gasteiger partial charge < -0.3 is 10.2 Å². The summed E-state index contributed by atoms with van der Waals surface area (Å²) in [6.45, 7) is 3.44. The van der Waals surface area contributed by atoms with Crippen LogP contribution in [-0.2, 0) is 34.1 Å². The Kier molecular flexibility index (Phi) is 9.71. The van der Waals surface area contributed by atoms with Gasteiger partial charge in [-0.2, -0.15) is 17.5 Å². The molecule has 15 heteroatoms. The summed E-state index contributed by atoms with van der Waals surface area (Å²) < 4.78 is 80.9. The quantitative estimate of drug-likeness (QED) is 0.257. The van der Waals surface area contributed by atoms with Gasteiger partial charge in [-0.15, -0.1) is 0 Å². The van der Waals surface area contributed by atoms with E-state index in [2.05, 4.69) is 15.2 Å². The van der Waals surface area contributed by atoms with Crippen LogP contribution in [0.4, 0.5) is 23.5 Å². The van der Waals surface area contributed by atoms with Crippen molar-refractivity contribution in [2.45, 2.75) is 43.0 Å². The number of benzene rings is 2. The number of carbonyl (C=O) groups excluding carboxylic acids is 1. The predicted octanol–water partition coefficient (Wildman–Crippen LogP) is 4.49. The van der Waals surface area contributed by atoms with Crippen LogP contribution in [-0.4, -0.2) is 77.2 Å². The molecule has 4 heterocycles. The Labute approximate surface area is 275 Å². The molecule has 2 aromatic carbocycles. The number of nitrogens with one attached hydrogen (secondary N) is 1. The normalized spacial score (nSPS) is 17.8. The number of piperazine rings is 1. The van der Waals surface area contributed by atoms with Crippen LogP contribution in [0.5, 0.6) is 0 Å². The number of nitrogens with zero attached hydrogens (tertiary/aromatic N) is 6. The molecule has 2 aromatic heterocycles. The number of sulfonamides is 1. The molecule has 2 aliphatic heterocycles. The van der Waals surface area contributed by atoms with Gasteiger partial charge in [0, 0.05) is 57.2 Å². The first-order valence-corrected chi connectivity index (χ1v) is 16.9. The zero-order chi connectivity index (χ0) is 33.9. The van der Waals surface area contributed by atoms with Crippen LogP contribution in [0.2, 0.25) is 0 Å². The summed E-state index contributed by atoms with van der Waals surface area (Å²) in [5.41, 5.74) is 1.55. The van der Waals surface area contributed by atoms with Crippen LogP contribution in [0.25, 0.3) is 11.3 Å². The third-order valence-electron chi connectivity index (χ3n) is 8.43. The number of pyridine rings is 1. The van der Waals surface area contributed by atoms with Gasteiger partial charge in [0.2, 0.25) is 21.9 Å². The molecule has 1 atom stereocenters. The lowest BCUT2D eigenvalue weighted by Crippen LogP contribution is -2.47. The van der Waals surface area contributed by atoms with E-state index in [4.69, 9.17) is 9.97 Å². The molecular weight excluding hydrogens is 650 g/mol. The molecule has 1 N–H and O–H groups in total. The summed E-state index contributed by atoms with van der Waals surface area (Å²) in [6.07, 6.45) is -0.157. The third kappa shape index (κ3) is 7.63. The predicted molar refractivity (Wildman–Crippen MR) is 169 cm³/mol. The second kappa shape index (κ2) is 13.9. The highest BCUT2D eigenvalue weighted by molar-refractivity contribution is 7.89. The fraction of sp³-hybridized carbons (Fsp3) is 0.333. The number of rotatable bonds is 9. The lowest BCUT2D eigenvalue weighted by Gasteiger charge is -2.35. The van der Waals surface area contributed by atoms with E-state index in [-0.39, 0.29) is 18.0 Å². The van der Waals surface area contributed by atoms with Crippen LogP contribution in [0.3, 0.4) is 0 Å². The van der Waals surface area contributed by atoms with Crippen molar-refractivity contribution in [3.8, 4) is 11.3 Å². The maximum atomic E-state index is 13.4. The molecule has 0 spiro atoms. The topological polar surface area (TPSA) is 112 Å².